The van der Waals surface area contributed by atoms with Crippen molar-refractivity contribution < 1.29 is 14.2 Å². The first-order chi connectivity index (χ1) is 4.99. The highest BCUT2D eigenvalue weighted by Gasteiger charge is 2.34. The van der Waals surface area contributed by atoms with E-state index >= 15 is 0 Å². The minimum atomic E-state index is -0.541. The van der Waals surface area contributed by atoms with E-state index in [9.17, 15) is 5.21 Å². The highest BCUT2D eigenvalue weighted by Crippen LogP contribution is 2.21. The molecule has 1 rings (SSSR count). The van der Waals surface area contributed by atoms with Crippen LogP contribution in [-0.2, 0) is 9.47 Å². The highest BCUT2D eigenvalue weighted by atomic mass is 16.7. The van der Waals surface area contributed by atoms with Gasteiger partial charge in [0.2, 0.25) is 0 Å². The number of ether oxygens (including phenoxy) is 2. The molecule has 1 aliphatic rings. The van der Waals surface area contributed by atoms with Crippen molar-refractivity contribution >= 4 is 6.72 Å². The number of hydroxylamine groups is 1. The standard InChI is InChI=1S/C7H13NO3/c1-7(2)10-5-6(11-7)4-8(3)9/h6H,3-5H2,1-2H3/t6-/m0/s1. The van der Waals surface area contributed by atoms with Gasteiger partial charge in [-0.05, 0) is 13.8 Å². The third-order valence-electron chi connectivity index (χ3n) is 1.47. The van der Waals surface area contributed by atoms with Crippen LogP contribution in [0.4, 0.5) is 0 Å². The molecule has 0 amide bonds. The van der Waals surface area contributed by atoms with Gasteiger partial charge in [0, 0.05) is 0 Å². The fraction of sp³-hybridized carbons (Fsp3) is 0.857. The summed E-state index contributed by atoms with van der Waals surface area (Å²) in [4.78, 5) is 0. The number of hydrogen-bond acceptors (Lipinski definition) is 3. The van der Waals surface area contributed by atoms with Gasteiger partial charge in [-0.3, -0.25) is 0 Å². The summed E-state index contributed by atoms with van der Waals surface area (Å²) < 4.78 is 11.2. The van der Waals surface area contributed by atoms with Gasteiger partial charge in [-0.1, -0.05) is 0 Å². The maximum atomic E-state index is 10.5. The van der Waals surface area contributed by atoms with Crippen molar-refractivity contribution in [2.24, 2.45) is 0 Å². The topological polar surface area (TPSA) is 44.5 Å². The third kappa shape index (κ3) is 2.48. The zero-order valence-corrected chi connectivity index (χ0v) is 6.87. The Labute approximate surface area is 66.0 Å². The fourth-order valence-corrected chi connectivity index (χ4v) is 1.08. The molecule has 0 saturated carbocycles. The summed E-state index contributed by atoms with van der Waals surface area (Å²) in [6.07, 6.45) is -0.139. The van der Waals surface area contributed by atoms with E-state index in [0.29, 0.717) is 11.3 Å². The van der Waals surface area contributed by atoms with Crippen molar-refractivity contribution in [1.29, 1.82) is 0 Å². The average Bonchev–Trinajstić information content (AvgIpc) is 2.08. The first kappa shape index (κ1) is 8.49. The Balaban J connectivity index is 2.36. The molecule has 64 valence electrons. The van der Waals surface area contributed by atoms with Gasteiger partial charge in [0.15, 0.2) is 12.3 Å². The van der Waals surface area contributed by atoms with E-state index in [4.69, 9.17) is 9.47 Å². The molecule has 4 heteroatoms. The molecule has 0 N–H and O–H groups in total. The predicted octanol–water partition coefficient (Wildman–Crippen LogP) is 0.349. The normalized spacial score (nSPS) is 28.7. The van der Waals surface area contributed by atoms with Gasteiger partial charge >= 0.3 is 0 Å². The Morgan fingerprint density at radius 1 is 1.73 bits per heavy atom. The van der Waals surface area contributed by atoms with Gasteiger partial charge in [0.05, 0.1) is 6.61 Å². The number of nitrogens with zero attached hydrogens (tertiary/aromatic N) is 1. The van der Waals surface area contributed by atoms with E-state index in [1.165, 1.54) is 0 Å². The summed E-state index contributed by atoms with van der Waals surface area (Å²) in [6.45, 7) is 7.58. The van der Waals surface area contributed by atoms with Crippen LogP contribution in [0.1, 0.15) is 13.8 Å². The lowest BCUT2D eigenvalue weighted by Crippen LogP contribution is -2.26. The van der Waals surface area contributed by atoms with Crippen molar-refractivity contribution in [1.82, 2.24) is 0 Å². The molecule has 1 aliphatic heterocycles. The molecule has 0 aromatic rings. The summed E-state index contributed by atoms with van der Waals surface area (Å²) in [5.41, 5.74) is 0. The summed E-state index contributed by atoms with van der Waals surface area (Å²) in [5.74, 6) is -0.541. The lowest BCUT2D eigenvalue weighted by atomic mass is 10.4. The third-order valence-corrected chi connectivity index (χ3v) is 1.47. The zero-order valence-electron chi connectivity index (χ0n) is 6.87. The molecule has 1 saturated heterocycles. The monoisotopic (exact) mass is 159 g/mol. The van der Waals surface area contributed by atoms with Gasteiger partial charge in [-0.25, -0.2) is 4.74 Å². The van der Waals surface area contributed by atoms with Crippen LogP contribution in [0.3, 0.4) is 0 Å². The molecule has 4 nitrogen and oxygen atoms in total. The minimum Gasteiger partial charge on any atom is -0.624 e. The van der Waals surface area contributed by atoms with E-state index in [2.05, 4.69) is 6.72 Å². The van der Waals surface area contributed by atoms with Crippen LogP contribution in [0.5, 0.6) is 0 Å². The van der Waals surface area contributed by atoms with Gasteiger partial charge in [-0.15, -0.1) is 0 Å². The van der Waals surface area contributed by atoms with E-state index in [1.807, 2.05) is 13.8 Å². The van der Waals surface area contributed by atoms with Crippen LogP contribution in [0, 0.1) is 5.21 Å². The van der Waals surface area contributed by atoms with E-state index in [-0.39, 0.29) is 12.6 Å². The molecule has 0 aromatic carbocycles. The molecule has 11 heavy (non-hydrogen) atoms. The second-order valence-electron chi connectivity index (χ2n) is 3.12. The molecule has 1 atom stereocenters. The Morgan fingerprint density at radius 2 is 2.36 bits per heavy atom. The largest absolute Gasteiger partial charge is 0.624 e. The molecule has 0 unspecified atom stereocenters. The second-order valence-corrected chi connectivity index (χ2v) is 3.12. The first-order valence-corrected chi connectivity index (χ1v) is 3.56. The van der Waals surface area contributed by atoms with Crippen molar-refractivity contribution in [3.8, 4) is 0 Å². The van der Waals surface area contributed by atoms with Crippen LogP contribution in [0.15, 0.2) is 0 Å². The Bertz CT molecular complexity index is 167. The van der Waals surface area contributed by atoms with E-state index in [0.717, 1.165) is 0 Å². The van der Waals surface area contributed by atoms with Crippen LogP contribution in [0.25, 0.3) is 0 Å². The minimum absolute atomic E-state index is 0.139. The number of rotatable bonds is 2. The van der Waals surface area contributed by atoms with Crippen LogP contribution < -0.4 is 0 Å². The molecule has 0 spiro atoms. The van der Waals surface area contributed by atoms with Crippen LogP contribution >= 0.6 is 0 Å². The molecular weight excluding hydrogens is 146 g/mol. The second kappa shape index (κ2) is 2.79. The summed E-state index contributed by atoms with van der Waals surface area (Å²) in [7, 11) is 0. The Kier molecular flexibility index (Phi) is 2.15. The maximum absolute atomic E-state index is 10.5. The summed E-state index contributed by atoms with van der Waals surface area (Å²) in [5, 5.41) is 10.5. The lowest BCUT2D eigenvalue weighted by molar-refractivity contribution is -0.460. The number of hydrogen-bond donors (Lipinski definition) is 0. The van der Waals surface area contributed by atoms with Crippen LogP contribution in [-0.4, -0.2) is 36.5 Å². The van der Waals surface area contributed by atoms with Crippen molar-refractivity contribution in [2.75, 3.05) is 13.2 Å². The van der Waals surface area contributed by atoms with Crippen LogP contribution in [0.2, 0.25) is 0 Å². The molecule has 1 heterocycles. The van der Waals surface area contributed by atoms with Gasteiger partial charge in [0.1, 0.15) is 12.8 Å². The SMILES string of the molecule is C=[N+]([O-])C[C@H]1COC(C)(C)O1. The van der Waals surface area contributed by atoms with Crippen molar-refractivity contribution in [3.05, 3.63) is 5.21 Å². The molecule has 0 aromatic heterocycles. The maximum Gasteiger partial charge on any atom is 0.181 e. The zero-order chi connectivity index (χ0) is 8.48. The Hall–Kier alpha value is -0.610. The van der Waals surface area contributed by atoms with Gasteiger partial charge < -0.3 is 14.7 Å². The highest BCUT2D eigenvalue weighted by molar-refractivity contribution is 5.14. The Morgan fingerprint density at radius 3 is 2.73 bits per heavy atom. The predicted molar refractivity (Wildman–Crippen MR) is 40.5 cm³/mol. The molecule has 0 radical (unpaired) electrons. The van der Waals surface area contributed by atoms with Crippen molar-refractivity contribution in [3.63, 3.8) is 0 Å². The molecule has 0 aliphatic carbocycles. The summed E-state index contributed by atoms with van der Waals surface area (Å²) in [6, 6.07) is 0. The van der Waals surface area contributed by atoms with E-state index < -0.39 is 5.79 Å². The van der Waals surface area contributed by atoms with Gasteiger partial charge in [-0.2, -0.15) is 0 Å². The fourth-order valence-electron chi connectivity index (χ4n) is 1.08. The lowest BCUT2D eigenvalue weighted by Gasteiger charge is -2.16. The molecule has 1 fully saturated rings. The van der Waals surface area contributed by atoms with Crippen molar-refractivity contribution in [2.45, 2.75) is 25.7 Å². The summed E-state index contributed by atoms with van der Waals surface area (Å²) >= 11 is 0. The first-order valence-electron chi connectivity index (χ1n) is 3.56. The smallest absolute Gasteiger partial charge is 0.181 e. The quantitative estimate of drug-likeness (QED) is 0.253. The molecule has 0 bridgehead atoms. The van der Waals surface area contributed by atoms with Gasteiger partial charge in [0.25, 0.3) is 0 Å². The molecular formula is C7H13NO3. The average molecular weight is 159 g/mol. The van der Waals surface area contributed by atoms with E-state index in [1.54, 1.807) is 0 Å².